The molecule has 6 nitrogen and oxygen atoms in total. The quantitative estimate of drug-likeness (QED) is 0.770. The van der Waals surface area contributed by atoms with Crippen molar-refractivity contribution in [3.8, 4) is 0 Å². The van der Waals surface area contributed by atoms with Gasteiger partial charge in [0.1, 0.15) is 0 Å². The zero-order valence-electron chi connectivity index (χ0n) is 8.74. The van der Waals surface area contributed by atoms with Crippen molar-refractivity contribution in [1.29, 1.82) is 0 Å². The van der Waals surface area contributed by atoms with Crippen molar-refractivity contribution < 1.29 is 0 Å². The van der Waals surface area contributed by atoms with Crippen LogP contribution in [0.15, 0.2) is 11.0 Å². The Bertz CT molecular complexity index is 527. The minimum atomic E-state index is -0.128. The van der Waals surface area contributed by atoms with Crippen LogP contribution in [0.2, 0.25) is 0 Å². The molecule has 80 valence electrons. The molecule has 2 aromatic heterocycles. The summed E-state index contributed by atoms with van der Waals surface area (Å²) in [5.74, 6) is 1.00. The lowest BCUT2D eigenvalue weighted by molar-refractivity contribution is 0.902. The van der Waals surface area contributed by atoms with E-state index in [1.807, 2.05) is 0 Å². The molecule has 0 radical (unpaired) electrons. The first-order chi connectivity index (χ1) is 7.20. The van der Waals surface area contributed by atoms with Crippen LogP contribution >= 0.6 is 0 Å². The zero-order chi connectivity index (χ0) is 10.8. The molecule has 0 aliphatic rings. The summed E-state index contributed by atoms with van der Waals surface area (Å²) in [7, 11) is 0. The van der Waals surface area contributed by atoms with E-state index >= 15 is 0 Å². The van der Waals surface area contributed by atoms with Gasteiger partial charge in [0.2, 0.25) is 11.7 Å². The highest BCUT2D eigenvalue weighted by atomic mass is 16.1. The average Bonchev–Trinajstić information content (AvgIpc) is 2.58. The van der Waals surface area contributed by atoms with Crippen LogP contribution in [0, 0.1) is 6.92 Å². The van der Waals surface area contributed by atoms with Crippen molar-refractivity contribution >= 4 is 11.7 Å². The van der Waals surface area contributed by atoms with E-state index in [9.17, 15) is 4.79 Å². The summed E-state index contributed by atoms with van der Waals surface area (Å²) in [5, 5.41) is 7.23. The van der Waals surface area contributed by atoms with Gasteiger partial charge in [0.15, 0.2) is 0 Å². The Balaban J connectivity index is 2.42. The smallest absolute Gasteiger partial charge is 0.255 e. The summed E-state index contributed by atoms with van der Waals surface area (Å²) in [6.45, 7) is 4.62. The van der Waals surface area contributed by atoms with Gasteiger partial charge in [0.05, 0.1) is 0 Å². The highest BCUT2D eigenvalue weighted by Crippen LogP contribution is 2.01. The second kappa shape index (κ2) is 3.72. The summed E-state index contributed by atoms with van der Waals surface area (Å²) in [5.41, 5.74) is 0.492. The summed E-state index contributed by atoms with van der Waals surface area (Å²) in [6.07, 6.45) is 2.67. The summed E-state index contributed by atoms with van der Waals surface area (Å²) in [4.78, 5) is 18.1. The first-order valence-corrected chi connectivity index (χ1v) is 4.91. The van der Waals surface area contributed by atoms with Gasteiger partial charge in [-0.3, -0.25) is 9.78 Å². The number of H-pyrrole nitrogens is 1. The number of aromatic amines is 1. The van der Waals surface area contributed by atoms with Crippen LogP contribution in [-0.2, 0) is 0 Å². The lowest BCUT2D eigenvalue weighted by Crippen LogP contribution is -2.11. The molecule has 6 heteroatoms. The van der Waals surface area contributed by atoms with E-state index < -0.39 is 0 Å². The SMILES string of the molecule is CCCNc1nc2[nH]c(=O)c(C)cn2n1. The fourth-order valence-corrected chi connectivity index (χ4v) is 1.25. The Hall–Kier alpha value is -1.85. The van der Waals surface area contributed by atoms with Gasteiger partial charge in [0.25, 0.3) is 5.56 Å². The summed E-state index contributed by atoms with van der Waals surface area (Å²) < 4.78 is 1.56. The largest absolute Gasteiger partial charge is 0.353 e. The predicted octanol–water partition coefficient (Wildman–Crippen LogP) is 0.548. The minimum Gasteiger partial charge on any atom is -0.353 e. The highest BCUT2D eigenvalue weighted by Gasteiger charge is 2.04. The van der Waals surface area contributed by atoms with Gasteiger partial charge in [-0.1, -0.05) is 6.92 Å². The van der Waals surface area contributed by atoms with E-state index in [0.29, 0.717) is 17.3 Å². The van der Waals surface area contributed by atoms with Gasteiger partial charge in [-0.25, -0.2) is 4.52 Å². The third-order valence-electron chi connectivity index (χ3n) is 2.06. The number of fused-ring (bicyclic) bond motifs is 1. The zero-order valence-corrected chi connectivity index (χ0v) is 8.74. The second-order valence-electron chi connectivity index (χ2n) is 3.40. The Morgan fingerprint density at radius 2 is 2.40 bits per heavy atom. The topological polar surface area (TPSA) is 75.1 Å². The Kier molecular flexibility index (Phi) is 2.40. The monoisotopic (exact) mass is 207 g/mol. The number of anilines is 1. The molecule has 0 bridgehead atoms. The number of aromatic nitrogens is 4. The minimum absolute atomic E-state index is 0.128. The van der Waals surface area contributed by atoms with Crippen LogP contribution < -0.4 is 10.9 Å². The van der Waals surface area contributed by atoms with E-state index in [4.69, 9.17) is 0 Å². The van der Waals surface area contributed by atoms with Crippen molar-refractivity contribution in [2.24, 2.45) is 0 Å². The number of hydrogen-bond donors (Lipinski definition) is 2. The van der Waals surface area contributed by atoms with Gasteiger partial charge in [-0.05, 0) is 13.3 Å². The molecule has 0 fully saturated rings. The van der Waals surface area contributed by atoms with Crippen molar-refractivity contribution in [3.05, 3.63) is 22.1 Å². The first-order valence-electron chi connectivity index (χ1n) is 4.91. The highest BCUT2D eigenvalue weighted by molar-refractivity contribution is 5.36. The lowest BCUT2D eigenvalue weighted by Gasteiger charge is -1.94. The van der Waals surface area contributed by atoms with E-state index in [1.165, 1.54) is 0 Å². The fourth-order valence-electron chi connectivity index (χ4n) is 1.25. The molecule has 0 aliphatic carbocycles. The molecule has 0 atom stereocenters. The van der Waals surface area contributed by atoms with Crippen LogP contribution in [0.25, 0.3) is 5.78 Å². The molecular weight excluding hydrogens is 194 g/mol. The number of nitrogens with zero attached hydrogens (tertiary/aromatic N) is 3. The van der Waals surface area contributed by atoms with Crippen molar-refractivity contribution in [2.45, 2.75) is 20.3 Å². The Labute approximate surface area is 86.3 Å². The maximum absolute atomic E-state index is 11.3. The number of hydrogen-bond acceptors (Lipinski definition) is 4. The van der Waals surface area contributed by atoms with E-state index in [2.05, 4.69) is 27.3 Å². The van der Waals surface area contributed by atoms with Crippen LogP contribution in [0.3, 0.4) is 0 Å². The molecule has 0 saturated heterocycles. The maximum Gasteiger partial charge on any atom is 0.255 e. The number of rotatable bonds is 3. The molecule has 2 N–H and O–H groups in total. The van der Waals surface area contributed by atoms with E-state index in [1.54, 1.807) is 17.6 Å². The lowest BCUT2D eigenvalue weighted by atomic mass is 10.4. The van der Waals surface area contributed by atoms with E-state index in [-0.39, 0.29) is 5.56 Å². The van der Waals surface area contributed by atoms with Gasteiger partial charge in [0, 0.05) is 18.3 Å². The van der Waals surface area contributed by atoms with Crippen LogP contribution in [-0.4, -0.2) is 26.1 Å². The molecule has 0 saturated carbocycles. The normalized spacial score (nSPS) is 10.8. The second-order valence-corrected chi connectivity index (χ2v) is 3.40. The Morgan fingerprint density at radius 1 is 1.60 bits per heavy atom. The third kappa shape index (κ3) is 1.83. The standard InChI is InChI=1S/C9H13N5O/c1-3-4-10-8-12-9-11-7(15)6(2)5-14(9)13-8/h5H,3-4H2,1-2H3,(H2,10,11,12,13,15). The Morgan fingerprint density at radius 3 is 3.13 bits per heavy atom. The molecule has 0 amide bonds. The molecule has 0 aromatic carbocycles. The van der Waals surface area contributed by atoms with Crippen LogP contribution in [0.1, 0.15) is 18.9 Å². The number of nitrogens with one attached hydrogen (secondary N) is 2. The van der Waals surface area contributed by atoms with Crippen molar-refractivity contribution in [2.75, 3.05) is 11.9 Å². The number of aryl methyl sites for hydroxylation is 1. The van der Waals surface area contributed by atoms with Gasteiger partial charge >= 0.3 is 0 Å². The van der Waals surface area contributed by atoms with Gasteiger partial charge < -0.3 is 5.32 Å². The fraction of sp³-hybridized carbons (Fsp3) is 0.444. The van der Waals surface area contributed by atoms with Crippen LogP contribution in [0.5, 0.6) is 0 Å². The van der Waals surface area contributed by atoms with Crippen molar-refractivity contribution in [1.82, 2.24) is 19.6 Å². The van der Waals surface area contributed by atoms with E-state index in [0.717, 1.165) is 13.0 Å². The van der Waals surface area contributed by atoms with Crippen LogP contribution in [0.4, 0.5) is 5.95 Å². The molecule has 0 aliphatic heterocycles. The summed E-state index contributed by atoms with van der Waals surface area (Å²) >= 11 is 0. The maximum atomic E-state index is 11.3. The molecule has 2 heterocycles. The molecule has 2 rings (SSSR count). The molecular formula is C9H13N5O. The third-order valence-corrected chi connectivity index (χ3v) is 2.06. The van der Waals surface area contributed by atoms with Gasteiger partial charge in [-0.15, -0.1) is 5.10 Å². The first kappa shape index (κ1) is 9.70. The summed E-state index contributed by atoms with van der Waals surface area (Å²) in [6, 6.07) is 0. The molecule has 15 heavy (non-hydrogen) atoms. The molecule has 0 spiro atoms. The molecule has 0 unspecified atom stereocenters. The predicted molar refractivity (Wildman–Crippen MR) is 57.1 cm³/mol. The van der Waals surface area contributed by atoms with Crippen molar-refractivity contribution in [3.63, 3.8) is 0 Å². The van der Waals surface area contributed by atoms with Gasteiger partial charge in [-0.2, -0.15) is 4.98 Å². The average molecular weight is 207 g/mol. The molecule has 2 aromatic rings.